The number of hydrogen-bond donors (Lipinski definition) is 1. The van der Waals surface area contributed by atoms with Crippen molar-refractivity contribution in [2.24, 2.45) is 0 Å². The van der Waals surface area contributed by atoms with Crippen molar-refractivity contribution in [3.63, 3.8) is 0 Å². The lowest BCUT2D eigenvalue weighted by molar-refractivity contribution is -0.640. The molecule has 1 unspecified atom stereocenters. The van der Waals surface area contributed by atoms with Crippen molar-refractivity contribution in [1.82, 2.24) is 0 Å². The number of rotatable bonds is 33. The van der Waals surface area contributed by atoms with Gasteiger partial charge >= 0.3 is 10.8 Å². The van der Waals surface area contributed by atoms with Crippen LogP contribution in [-0.2, 0) is 62.8 Å². The van der Waals surface area contributed by atoms with Crippen molar-refractivity contribution in [3.05, 3.63) is 35.4 Å². The summed E-state index contributed by atoms with van der Waals surface area (Å²) in [5.41, 5.74) is 2.48. The van der Waals surface area contributed by atoms with Crippen LogP contribution < -0.4 is 10.6 Å². The molecule has 45 heavy (non-hydrogen) atoms. The Morgan fingerprint density at radius 1 is 0.667 bits per heavy atom. The van der Waals surface area contributed by atoms with Crippen molar-refractivity contribution in [2.75, 3.05) is 92.5 Å². The fourth-order valence-electron chi connectivity index (χ4n) is 4.12. The van der Waals surface area contributed by atoms with Gasteiger partial charge in [0.25, 0.3) is 0 Å². The van der Waals surface area contributed by atoms with E-state index >= 15 is 0 Å². The molecule has 0 fully saturated rings. The minimum atomic E-state index is -4.03. The molecule has 1 radical (unpaired) electrons. The molecule has 13 heteroatoms. The van der Waals surface area contributed by atoms with E-state index in [9.17, 15) is 8.76 Å². The number of ether oxygens (including phenoxy) is 7. The Kier molecular flexibility index (Phi) is 27.6. The Balaban J connectivity index is 1.91. The molecule has 0 amide bonds. The monoisotopic (exact) mass is 664 g/mol. The van der Waals surface area contributed by atoms with Gasteiger partial charge in [0.05, 0.1) is 83.6 Å². The second kappa shape index (κ2) is 29.9. The lowest BCUT2D eigenvalue weighted by Gasteiger charge is -2.12. The Morgan fingerprint density at radius 3 is 1.62 bits per heavy atom. The van der Waals surface area contributed by atoms with Crippen molar-refractivity contribution >= 4 is 16.9 Å². The lowest BCUT2D eigenvalue weighted by atomic mass is 10.0. The van der Waals surface area contributed by atoms with Crippen LogP contribution in [0, 0.1) is 0 Å². The van der Waals surface area contributed by atoms with E-state index in [0.29, 0.717) is 79.3 Å². The summed E-state index contributed by atoms with van der Waals surface area (Å²) in [5.74, 6) is 3.67. The topological polar surface area (TPSA) is 148 Å². The SMILES string of the molecule is C/C=C/c1cc(CCCCCCCCC)ccc1OCCOCCOCCOCCOCCOCCOCCO[S+]([O])(=O)O[NH3+]. The minimum absolute atomic E-state index is 0.0957. The molecule has 0 heterocycles. The quantitative estimate of drug-likeness (QED) is 0.0653. The zero-order valence-corrected chi connectivity index (χ0v) is 28.4. The molecule has 3 N–H and O–H groups in total. The zero-order chi connectivity index (χ0) is 32.7. The zero-order valence-electron chi connectivity index (χ0n) is 27.5. The third kappa shape index (κ3) is 25.3. The van der Waals surface area contributed by atoms with Crippen LogP contribution in [0.25, 0.3) is 6.08 Å². The summed E-state index contributed by atoms with van der Waals surface area (Å²) in [6.45, 7) is 9.62. The van der Waals surface area contributed by atoms with Gasteiger partial charge in [-0.25, -0.2) is 0 Å². The summed E-state index contributed by atoms with van der Waals surface area (Å²) in [6.07, 6.45) is 14.5. The highest BCUT2D eigenvalue weighted by atomic mass is 32.3. The normalized spacial score (nSPS) is 13.1. The molecular formula is C32H58NO11S+2. The van der Waals surface area contributed by atoms with E-state index in [4.69, 9.17) is 33.2 Å². The summed E-state index contributed by atoms with van der Waals surface area (Å²) in [6, 6.07) is 6.50. The first-order chi connectivity index (χ1) is 22.0. The smallest absolute Gasteiger partial charge is 0.491 e. The van der Waals surface area contributed by atoms with E-state index in [0.717, 1.165) is 17.7 Å². The Hall–Kier alpha value is -1.49. The van der Waals surface area contributed by atoms with E-state index in [1.54, 1.807) is 0 Å². The van der Waals surface area contributed by atoms with Gasteiger partial charge in [-0.2, -0.15) is 5.90 Å². The minimum Gasteiger partial charge on any atom is -0.491 e. The average Bonchev–Trinajstić information content (AvgIpc) is 3.04. The third-order valence-electron chi connectivity index (χ3n) is 6.43. The molecule has 1 atom stereocenters. The van der Waals surface area contributed by atoms with Gasteiger partial charge in [-0.1, -0.05) is 63.7 Å². The van der Waals surface area contributed by atoms with E-state index in [-0.39, 0.29) is 13.2 Å². The standard InChI is InChI=1S/C32H58NO11S/c1-3-5-6-7-8-9-10-12-30-13-14-32(31(29-30)11-4-2)42-27-25-40-23-21-38-19-17-36-15-16-37-18-20-39-22-24-41-26-28-43-45(34,35)44-33/h4,11,13-14,29H,3,5-10,12,15-28H2,1-2,33H3/q+2/b11-4+. The van der Waals surface area contributed by atoms with Crippen molar-refractivity contribution in [1.29, 1.82) is 0 Å². The second-order valence-corrected chi connectivity index (χ2v) is 11.4. The predicted molar refractivity (Wildman–Crippen MR) is 172 cm³/mol. The van der Waals surface area contributed by atoms with Crippen molar-refractivity contribution in [2.45, 2.75) is 65.2 Å². The first-order valence-electron chi connectivity index (χ1n) is 16.2. The van der Waals surface area contributed by atoms with Crippen LogP contribution in [0.4, 0.5) is 0 Å². The molecule has 1 aromatic carbocycles. The van der Waals surface area contributed by atoms with Crippen molar-refractivity contribution < 1.29 is 56.3 Å². The van der Waals surface area contributed by atoms with Gasteiger partial charge in [-0.05, 0) is 37.5 Å². The molecule has 0 aliphatic carbocycles. The van der Waals surface area contributed by atoms with Gasteiger partial charge in [0.15, 0.2) is 0 Å². The Labute approximate surface area is 271 Å². The first-order valence-corrected chi connectivity index (χ1v) is 17.5. The number of benzene rings is 1. The number of aryl methyl sites for hydroxylation is 1. The number of unbranched alkanes of at least 4 members (excludes halogenated alkanes) is 6. The van der Waals surface area contributed by atoms with Gasteiger partial charge in [0.2, 0.25) is 0 Å². The largest absolute Gasteiger partial charge is 0.597 e. The fourth-order valence-corrected chi connectivity index (χ4v) is 4.46. The van der Waals surface area contributed by atoms with Crippen LogP contribution in [0.3, 0.4) is 0 Å². The van der Waals surface area contributed by atoms with Gasteiger partial charge in [-0.15, -0.1) is 4.18 Å². The summed E-state index contributed by atoms with van der Waals surface area (Å²) in [4.78, 5) is 0. The summed E-state index contributed by atoms with van der Waals surface area (Å²) in [7, 11) is -4.03. The molecule has 0 aliphatic rings. The molecular weight excluding hydrogens is 606 g/mol. The predicted octanol–water partition coefficient (Wildman–Crippen LogP) is 4.36. The van der Waals surface area contributed by atoms with Crippen molar-refractivity contribution in [3.8, 4) is 5.75 Å². The highest BCUT2D eigenvalue weighted by molar-refractivity contribution is 7.88. The molecule has 261 valence electrons. The van der Waals surface area contributed by atoms with E-state index in [2.05, 4.69) is 45.6 Å². The van der Waals surface area contributed by atoms with Crippen LogP contribution >= 0.6 is 0 Å². The molecule has 12 nitrogen and oxygen atoms in total. The van der Waals surface area contributed by atoms with Crippen LogP contribution in [0.5, 0.6) is 5.75 Å². The maximum Gasteiger partial charge on any atom is 0.597 e. The Morgan fingerprint density at radius 2 is 1.13 bits per heavy atom. The fraction of sp³-hybridized carbons (Fsp3) is 0.750. The van der Waals surface area contributed by atoms with Crippen LogP contribution in [-0.4, -0.2) is 92.5 Å². The Bertz CT molecular complexity index is 891. The maximum atomic E-state index is 10.9. The lowest BCUT2D eigenvalue weighted by Crippen LogP contribution is -2.53. The van der Waals surface area contributed by atoms with E-state index in [1.807, 2.05) is 13.0 Å². The first kappa shape index (κ1) is 41.5. The molecule has 0 bridgehead atoms. The summed E-state index contributed by atoms with van der Waals surface area (Å²) >= 11 is 0. The molecule has 0 aliphatic heterocycles. The number of quaternary nitrogens is 1. The van der Waals surface area contributed by atoms with Gasteiger partial charge in [0.1, 0.15) is 23.5 Å². The van der Waals surface area contributed by atoms with Gasteiger partial charge < -0.3 is 33.2 Å². The summed E-state index contributed by atoms with van der Waals surface area (Å²) in [5, 5.41) is 0. The molecule has 1 aromatic rings. The molecule has 1 rings (SSSR count). The van der Waals surface area contributed by atoms with Crippen LogP contribution in [0.1, 0.15) is 69.9 Å². The molecule has 0 aromatic heterocycles. The highest BCUT2D eigenvalue weighted by Crippen LogP contribution is 2.23. The third-order valence-corrected chi connectivity index (χ3v) is 7.18. The molecule has 0 saturated carbocycles. The van der Waals surface area contributed by atoms with Crippen LogP contribution in [0.15, 0.2) is 24.3 Å². The second-order valence-electron chi connectivity index (χ2n) is 10.1. The number of hydrogen-bond acceptors (Lipinski definition) is 10. The van der Waals surface area contributed by atoms with Gasteiger partial charge in [0, 0.05) is 9.77 Å². The van der Waals surface area contributed by atoms with Crippen LogP contribution in [0.2, 0.25) is 0 Å². The summed E-state index contributed by atoms with van der Waals surface area (Å²) < 4.78 is 68.7. The van der Waals surface area contributed by atoms with E-state index in [1.165, 1.54) is 50.5 Å². The molecule has 0 saturated heterocycles. The number of allylic oxidation sites excluding steroid dienone is 1. The maximum absolute atomic E-state index is 10.9. The highest BCUT2D eigenvalue weighted by Gasteiger charge is 2.35. The van der Waals surface area contributed by atoms with Gasteiger partial charge in [-0.3, -0.25) is 0 Å². The molecule has 0 spiro atoms. The van der Waals surface area contributed by atoms with E-state index < -0.39 is 10.8 Å². The average molecular weight is 665 g/mol.